The Morgan fingerprint density at radius 2 is 1.79 bits per heavy atom. The Hall–Kier alpha value is -0.870. The van der Waals surface area contributed by atoms with Crippen LogP contribution in [0.25, 0.3) is 0 Å². The molecule has 1 fully saturated rings. The minimum absolute atomic E-state index is 0. The van der Waals surface area contributed by atoms with Crippen LogP contribution >= 0.6 is 0 Å². The summed E-state index contributed by atoms with van der Waals surface area (Å²) in [6.45, 7) is 9.88. The highest BCUT2D eigenvalue weighted by Crippen LogP contribution is 2.30. The van der Waals surface area contributed by atoms with E-state index in [9.17, 15) is 4.79 Å². The van der Waals surface area contributed by atoms with Gasteiger partial charge in [-0.15, -0.1) is 0 Å². The standard InChI is InChI=1S/C20H32NO2.BrH/c1-5-16(3)19(17-10-8-7-9-11-17)20(22)23-18-12-14-21(4,6-2)15-13-18;/h7-11,16,18-19H,5-6,12-15H2,1-4H3;1H/q+1;/p-1. The van der Waals surface area contributed by atoms with Crippen molar-refractivity contribution in [2.45, 2.75) is 52.1 Å². The number of rotatable bonds is 6. The predicted octanol–water partition coefficient (Wildman–Crippen LogP) is 0.992. The van der Waals surface area contributed by atoms with Gasteiger partial charge in [-0.25, -0.2) is 0 Å². The topological polar surface area (TPSA) is 26.3 Å². The van der Waals surface area contributed by atoms with E-state index in [0.29, 0.717) is 5.92 Å². The van der Waals surface area contributed by atoms with Crippen molar-refractivity contribution in [1.82, 2.24) is 0 Å². The van der Waals surface area contributed by atoms with E-state index in [4.69, 9.17) is 4.74 Å². The number of ether oxygens (including phenoxy) is 1. The molecule has 3 nitrogen and oxygen atoms in total. The lowest BCUT2D eigenvalue weighted by atomic mass is 9.85. The Morgan fingerprint density at radius 1 is 1.21 bits per heavy atom. The summed E-state index contributed by atoms with van der Waals surface area (Å²) in [5.74, 6) is 0.114. The lowest BCUT2D eigenvalue weighted by Crippen LogP contribution is -3.00. The summed E-state index contributed by atoms with van der Waals surface area (Å²) in [6, 6.07) is 10.1. The van der Waals surface area contributed by atoms with Gasteiger partial charge in [0, 0.05) is 12.8 Å². The van der Waals surface area contributed by atoms with E-state index < -0.39 is 0 Å². The van der Waals surface area contributed by atoms with Crippen LogP contribution in [-0.2, 0) is 9.53 Å². The number of likely N-dealkylation sites (tertiary alicyclic amines) is 1. The molecular formula is C20H32BrNO2. The van der Waals surface area contributed by atoms with Crippen molar-refractivity contribution >= 4 is 5.97 Å². The third-order valence-electron chi connectivity index (χ3n) is 5.65. The summed E-state index contributed by atoms with van der Waals surface area (Å²) in [5.41, 5.74) is 1.08. The number of piperidine rings is 1. The molecule has 0 bridgehead atoms. The zero-order valence-electron chi connectivity index (χ0n) is 15.5. The molecule has 1 saturated heterocycles. The number of quaternary nitrogens is 1. The normalized spacial score (nSPS) is 26.1. The number of carbonyl (C=O) groups is 1. The maximum Gasteiger partial charge on any atom is 0.313 e. The molecule has 1 aromatic rings. The SMILES string of the molecule is CCC(C)C(C(=O)OC1CC[N+](C)(CC)CC1)c1ccccc1.[Br-]. The highest BCUT2D eigenvalue weighted by Gasteiger charge is 2.34. The van der Waals surface area contributed by atoms with Crippen LogP contribution in [0.3, 0.4) is 0 Å². The van der Waals surface area contributed by atoms with Gasteiger partial charge in [0.25, 0.3) is 0 Å². The van der Waals surface area contributed by atoms with Crippen LogP contribution in [0, 0.1) is 5.92 Å². The first-order valence-electron chi connectivity index (χ1n) is 9.08. The van der Waals surface area contributed by atoms with Gasteiger partial charge in [0.2, 0.25) is 0 Å². The first-order chi connectivity index (χ1) is 11.0. The van der Waals surface area contributed by atoms with E-state index in [2.05, 4.69) is 27.8 Å². The number of halogens is 1. The lowest BCUT2D eigenvalue weighted by Gasteiger charge is -2.39. The molecule has 0 aliphatic carbocycles. The Morgan fingerprint density at radius 3 is 2.29 bits per heavy atom. The monoisotopic (exact) mass is 397 g/mol. The van der Waals surface area contributed by atoms with Gasteiger partial charge in [-0.2, -0.15) is 0 Å². The smallest absolute Gasteiger partial charge is 0.313 e. The van der Waals surface area contributed by atoms with Crippen molar-refractivity contribution in [3.63, 3.8) is 0 Å². The van der Waals surface area contributed by atoms with E-state index >= 15 is 0 Å². The second-order valence-electron chi connectivity index (χ2n) is 7.29. The molecular weight excluding hydrogens is 366 g/mol. The zero-order valence-corrected chi connectivity index (χ0v) is 17.1. The van der Waals surface area contributed by atoms with Gasteiger partial charge in [-0.05, 0) is 18.4 Å². The molecule has 2 atom stereocenters. The fourth-order valence-electron chi connectivity index (χ4n) is 3.43. The molecule has 136 valence electrons. The van der Waals surface area contributed by atoms with E-state index in [0.717, 1.165) is 48.9 Å². The second kappa shape index (κ2) is 9.57. The summed E-state index contributed by atoms with van der Waals surface area (Å²) in [7, 11) is 2.30. The third-order valence-corrected chi connectivity index (χ3v) is 5.65. The average Bonchev–Trinajstić information content (AvgIpc) is 2.58. The number of hydrogen-bond donors (Lipinski definition) is 0. The summed E-state index contributed by atoms with van der Waals surface area (Å²) in [5, 5.41) is 0. The quantitative estimate of drug-likeness (QED) is 0.528. The molecule has 0 N–H and O–H groups in total. The molecule has 1 aromatic carbocycles. The number of esters is 1. The van der Waals surface area contributed by atoms with Crippen molar-refractivity contribution in [2.24, 2.45) is 5.92 Å². The molecule has 4 heteroatoms. The molecule has 0 radical (unpaired) electrons. The van der Waals surface area contributed by atoms with Crippen molar-refractivity contribution < 1.29 is 31.0 Å². The van der Waals surface area contributed by atoms with E-state index in [1.807, 2.05) is 30.3 Å². The fourth-order valence-corrected chi connectivity index (χ4v) is 3.43. The van der Waals surface area contributed by atoms with Gasteiger partial charge in [0.1, 0.15) is 6.10 Å². The summed E-state index contributed by atoms with van der Waals surface area (Å²) >= 11 is 0. The molecule has 0 aromatic heterocycles. The third kappa shape index (κ3) is 5.32. The largest absolute Gasteiger partial charge is 1.00 e. The number of benzene rings is 1. The summed E-state index contributed by atoms with van der Waals surface area (Å²) in [6.07, 6.45) is 3.04. The van der Waals surface area contributed by atoms with E-state index in [1.54, 1.807) is 0 Å². The second-order valence-corrected chi connectivity index (χ2v) is 7.29. The highest BCUT2D eigenvalue weighted by atomic mass is 79.9. The van der Waals surface area contributed by atoms with Crippen LogP contribution in [0.15, 0.2) is 30.3 Å². The Balaban J connectivity index is 0.00000288. The van der Waals surface area contributed by atoms with Gasteiger partial charge in [0.05, 0.1) is 32.6 Å². The van der Waals surface area contributed by atoms with Crippen molar-refractivity contribution in [3.8, 4) is 0 Å². The fraction of sp³-hybridized carbons (Fsp3) is 0.650. The number of hydrogen-bond acceptors (Lipinski definition) is 2. The van der Waals surface area contributed by atoms with Crippen molar-refractivity contribution in [3.05, 3.63) is 35.9 Å². The Bertz CT molecular complexity index is 498. The van der Waals surface area contributed by atoms with Gasteiger partial charge in [-0.1, -0.05) is 50.6 Å². The molecule has 2 unspecified atom stereocenters. The number of nitrogens with zero attached hydrogens (tertiary/aromatic N) is 1. The molecule has 24 heavy (non-hydrogen) atoms. The molecule has 2 rings (SSSR count). The van der Waals surface area contributed by atoms with Crippen LogP contribution in [0.4, 0.5) is 0 Å². The Labute approximate surface area is 157 Å². The Kier molecular flexibility index (Phi) is 8.44. The predicted molar refractivity (Wildman–Crippen MR) is 94.2 cm³/mol. The first kappa shape index (κ1) is 21.2. The molecule has 0 amide bonds. The zero-order chi connectivity index (χ0) is 16.9. The minimum atomic E-state index is -0.143. The van der Waals surface area contributed by atoms with Crippen LogP contribution < -0.4 is 17.0 Å². The molecule has 1 aliphatic rings. The first-order valence-corrected chi connectivity index (χ1v) is 9.08. The van der Waals surface area contributed by atoms with Crippen LogP contribution in [0.2, 0.25) is 0 Å². The summed E-state index contributed by atoms with van der Waals surface area (Å²) < 4.78 is 7.02. The van der Waals surface area contributed by atoms with Crippen molar-refractivity contribution in [2.75, 3.05) is 26.7 Å². The highest BCUT2D eigenvalue weighted by molar-refractivity contribution is 5.78. The van der Waals surface area contributed by atoms with Crippen LogP contribution in [-0.4, -0.2) is 43.2 Å². The van der Waals surface area contributed by atoms with Crippen LogP contribution in [0.5, 0.6) is 0 Å². The number of carbonyl (C=O) groups excluding carboxylic acids is 1. The van der Waals surface area contributed by atoms with Gasteiger partial charge in [-0.3, -0.25) is 4.79 Å². The van der Waals surface area contributed by atoms with Gasteiger partial charge >= 0.3 is 5.97 Å². The molecule has 1 aliphatic heterocycles. The van der Waals surface area contributed by atoms with Gasteiger partial charge < -0.3 is 26.2 Å². The van der Waals surface area contributed by atoms with Crippen molar-refractivity contribution in [1.29, 1.82) is 0 Å². The average molecular weight is 398 g/mol. The van der Waals surface area contributed by atoms with E-state index in [-0.39, 0.29) is 35.0 Å². The van der Waals surface area contributed by atoms with Crippen LogP contribution in [0.1, 0.15) is 51.5 Å². The van der Waals surface area contributed by atoms with E-state index in [1.165, 1.54) is 0 Å². The molecule has 0 saturated carbocycles. The maximum atomic E-state index is 12.8. The maximum absolute atomic E-state index is 12.8. The summed E-state index contributed by atoms with van der Waals surface area (Å²) in [4.78, 5) is 12.8. The minimum Gasteiger partial charge on any atom is -1.00 e. The van der Waals surface area contributed by atoms with Gasteiger partial charge in [0.15, 0.2) is 0 Å². The molecule has 0 spiro atoms. The lowest BCUT2D eigenvalue weighted by molar-refractivity contribution is -0.913. The molecule has 1 heterocycles.